The normalized spacial score (nSPS) is 12.3. The van der Waals surface area contributed by atoms with Crippen molar-refractivity contribution in [3.05, 3.63) is 87.2 Å². The van der Waals surface area contributed by atoms with Gasteiger partial charge in [0.2, 0.25) is 0 Å². The molecule has 0 fully saturated rings. The molecular formula is C24H18N6O8. The number of amides is 3. The fourth-order valence-electron chi connectivity index (χ4n) is 3.69. The number of carboxylic acid groups (broad SMARTS) is 1. The molecule has 38 heavy (non-hydrogen) atoms. The lowest BCUT2D eigenvalue weighted by Gasteiger charge is -2.18. The van der Waals surface area contributed by atoms with Gasteiger partial charge in [0.25, 0.3) is 23.5 Å². The predicted octanol–water partition coefficient (Wildman–Crippen LogP) is 0.572. The number of carbonyl (C=O) groups is 4. The minimum absolute atomic E-state index is 0.0275. The van der Waals surface area contributed by atoms with Crippen molar-refractivity contribution in [1.29, 1.82) is 0 Å². The number of rotatable bonds is 7. The largest absolute Gasteiger partial charge is 0.482 e. The van der Waals surface area contributed by atoms with E-state index in [2.05, 4.69) is 30.6 Å². The predicted molar refractivity (Wildman–Crippen MR) is 128 cm³/mol. The van der Waals surface area contributed by atoms with E-state index in [-0.39, 0.29) is 48.3 Å². The van der Waals surface area contributed by atoms with Crippen LogP contribution in [-0.2, 0) is 17.9 Å². The van der Waals surface area contributed by atoms with Crippen LogP contribution in [0.1, 0.15) is 42.5 Å². The van der Waals surface area contributed by atoms with Crippen molar-refractivity contribution in [2.24, 2.45) is 0 Å². The van der Waals surface area contributed by atoms with Gasteiger partial charge in [0.05, 0.1) is 11.3 Å². The van der Waals surface area contributed by atoms with Gasteiger partial charge in [-0.15, -0.1) is 0 Å². The van der Waals surface area contributed by atoms with Crippen LogP contribution in [0.2, 0.25) is 0 Å². The van der Waals surface area contributed by atoms with Crippen molar-refractivity contribution in [2.75, 3.05) is 11.9 Å². The molecule has 4 aromatic rings. The van der Waals surface area contributed by atoms with E-state index in [1.54, 1.807) is 30.3 Å². The average Bonchev–Trinajstić information content (AvgIpc) is 3.30. The molecule has 5 rings (SSSR count). The first-order chi connectivity index (χ1) is 18.3. The molecule has 2 aromatic heterocycles. The molecule has 4 N–H and O–H groups in total. The Hall–Kier alpha value is -5.53. The van der Waals surface area contributed by atoms with Crippen LogP contribution < -0.4 is 26.4 Å². The maximum absolute atomic E-state index is 13.0. The number of ether oxygens (including phenoxy) is 1. The molecule has 1 aliphatic heterocycles. The van der Waals surface area contributed by atoms with Crippen molar-refractivity contribution in [1.82, 2.24) is 25.2 Å². The maximum Gasteiger partial charge on any atom is 0.448 e. The van der Waals surface area contributed by atoms with Crippen LogP contribution in [0.3, 0.4) is 0 Å². The molecule has 0 spiro atoms. The Bertz CT molecular complexity index is 1660. The van der Waals surface area contributed by atoms with Crippen molar-refractivity contribution in [2.45, 2.75) is 13.1 Å². The van der Waals surface area contributed by atoms with Crippen LogP contribution in [-0.4, -0.2) is 49.9 Å². The number of carboxylic acids is 1. The number of benzene rings is 2. The molecule has 0 atom stereocenters. The molecule has 0 aliphatic carbocycles. The SMILES string of the molecule is O=C1COc2ccc(CNC(=O)c3cc(C(=O)NCc4ccc(C(=O)O)cc4)nc4noc(=O)n34)cc2N1. The third-order valence-corrected chi connectivity index (χ3v) is 5.57. The fourth-order valence-corrected chi connectivity index (χ4v) is 3.69. The molecule has 192 valence electrons. The van der Waals surface area contributed by atoms with Gasteiger partial charge in [-0.05, 0) is 46.6 Å². The molecule has 14 heteroatoms. The summed E-state index contributed by atoms with van der Waals surface area (Å²) >= 11 is 0. The van der Waals surface area contributed by atoms with E-state index in [1.165, 1.54) is 12.1 Å². The Labute approximate surface area is 212 Å². The van der Waals surface area contributed by atoms with E-state index < -0.39 is 23.5 Å². The minimum Gasteiger partial charge on any atom is -0.482 e. The highest BCUT2D eigenvalue weighted by atomic mass is 16.5. The second kappa shape index (κ2) is 9.85. The van der Waals surface area contributed by atoms with Gasteiger partial charge in [-0.2, -0.15) is 0 Å². The lowest BCUT2D eigenvalue weighted by atomic mass is 10.1. The van der Waals surface area contributed by atoms with E-state index in [0.717, 1.165) is 10.5 Å². The summed E-state index contributed by atoms with van der Waals surface area (Å²) in [4.78, 5) is 64.5. The summed E-state index contributed by atoms with van der Waals surface area (Å²) in [5.74, 6) is -3.49. The van der Waals surface area contributed by atoms with Gasteiger partial charge in [0.1, 0.15) is 17.1 Å². The number of hydrogen-bond acceptors (Lipinski definition) is 9. The third-order valence-electron chi connectivity index (χ3n) is 5.57. The first-order valence-electron chi connectivity index (χ1n) is 11.1. The number of fused-ring (bicyclic) bond motifs is 2. The average molecular weight is 518 g/mol. The number of aromatic nitrogens is 3. The number of nitrogens with zero attached hydrogens (tertiary/aromatic N) is 3. The lowest BCUT2D eigenvalue weighted by molar-refractivity contribution is -0.118. The molecule has 3 amide bonds. The Morgan fingerprint density at radius 1 is 0.974 bits per heavy atom. The van der Waals surface area contributed by atoms with Crippen LogP contribution in [0.25, 0.3) is 5.78 Å². The summed E-state index contributed by atoms with van der Waals surface area (Å²) in [6, 6.07) is 12.0. The van der Waals surface area contributed by atoms with E-state index >= 15 is 0 Å². The number of hydrogen-bond donors (Lipinski definition) is 4. The molecule has 0 radical (unpaired) electrons. The zero-order valence-corrected chi connectivity index (χ0v) is 19.4. The van der Waals surface area contributed by atoms with Crippen LogP contribution in [0.4, 0.5) is 5.69 Å². The molecule has 0 bridgehead atoms. The molecular weight excluding hydrogens is 500 g/mol. The van der Waals surface area contributed by atoms with Crippen molar-refractivity contribution >= 4 is 35.2 Å². The number of aromatic carboxylic acids is 1. The van der Waals surface area contributed by atoms with E-state index in [4.69, 9.17) is 9.84 Å². The molecule has 0 unspecified atom stereocenters. The summed E-state index contributed by atoms with van der Waals surface area (Å²) in [6.07, 6.45) is 0. The zero-order valence-electron chi connectivity index (χ0n) is 19.4. The van der Waals surface area contributed by atoms with Gasteiger partial charge in [-0.3, -0.25) is 18.9 Å². The number of carbonyl (C=O) groups excluding carboxylic acids is 3. The van der Waals surface area contributed by atoms with E-state index in [9.17, 15) is 24.0 Å². The first-order valence-corrected chi connectivity index (χ1v) is 11.1. The second-order valence-corrected chi connectivity index (χ2v) is 8.15. The zero-order chi connectivity index (χ0) is 26.8. The molecule has 14 nitrogen and oxygen atoms in total. The number of anilines is 1. The van der Waals surface area contributed by atoms with E-state index in [0.29, 0.717) is 22.6 Å². The molecule has 2 aromatic carbocycles. The summed E-state index contributed by atoms with van der Waals surface area (Å²) in [7, 11) is 0. The van der Waals surface area contributed by atoms with Crippen LogP contribution in [0, 0.1) is 0 Å². The van der Waals surface area contributed by atoms with Gasteiger partial charge in [-0.25, -0.2) is 19.0 Å². The van der Waals surface area contributed by atoms with Crippen LogP contribution >= 0.6 is 0 Å². The minimum atomic E-state index is -1.07. The summed E-state index contributed by atoms with van der Waals surface area (Å²) in [5, 5.41) is 20.5. The maximum atomic E-state index is 13.0. The molecule has 1 aliphatic rings. The van der Waals surface area contributed by atoms with E-state index in [1.807, 2.05) is 0 Å². The van der Waals surface area contributed by atoms with Gasteiger partial charge in [-0.1, -0.05) is 18.2 Å². The summed E-state index contributed by atoms with van der Waals surface area (Å²) in [6.45, 7) is -0.00144. The van der Waals surface area contributed by atoms with Crippen LogP contribution in [0.15, 0.2) is 57.8 Å². The monoisotopic (exact) mass is 518 g/mol. The van der Waals surface area contributed by atoms with Crippen LogP contribution in [0.5, 0.6) is 5.75 Å². The number of nitrogens with one attached hydrogen (secondary N) is 3. The quantitative estimate of drug-likeness (QED) is 0.269. The molecule has 0 saturated heterocycles. The van der Waals surface area contributed by atoms with Gasteiger partial charge in [0.15, 0.2) is 6.61 Å². The van der Waals surface area contributed by atoms with Crippen molar-refractivity contribution < 1.29 is 33.5 Å². The third kappa shape index (κ3) is 4.90. The fraction of sp³-hybridized carbons (Fsp3) is 0.125. The first kappa shape index (κ1) is 24.2. The standard InChI is InChI=1S/C24H18N6O8/c31-19-11-37-18-6-3-13(7-15(18)27-19)10-26-21(33)17-8-16(28-23-29-38-24(36)30(17)23)20(32)25-9-12-1-4-14(5-2-12)22(34)35/h1-8H,9-11H2,(H,25,32)(H,26,33)(H,27,31)(H,34,35). The van der Waals surface area contributed by atoms with Gasteiger partial charge < -0.3 is 25.8 Å². The Morgan fingerprint density at radius 3 is 2.45 bits per heavy atom. The van der Waals surface area contributed by atoms with Crippen molar-refractivity contribution in [3.8, 4) is 5.75 Å². The molecule has 3 heterocycles. The highest BCUT2D eigenvalue weighted by molar-refractivity contribution is 5.98. The summed E-state index contributed by atoms with van der Waals surface area (Å²) in [5.41, 5.74) is 1.41. The Kier molecular flexibility index (Phi) is 6.27. The molecule has 0 saturated carbocycles. The highest BCUT2D eigenvalue weighted by Crippen LogP contribution is 2.28. The summed E-state index contributed by atoms with van der Waals surface area (Å²) < 4.78 is 10.8. The lowest BCUT2D eigenvalue weighted by Crippen LogP contribution is -2.30. The highest BCUT2D eigenvalue weighted by Gasteiger charge is 2.21. The smallest absolute Gasteiger partial charge is 0.448 e. The Balaban J connectivity index is 1.33. The second-order valence-electron chi connectivity index (χ2n) is 8.15. The van der Waals surface area contributed by atoms with Crippen molar-refractivity contribution in [3.63, 3.8) is 0 Å². The topological polar surface area (TPSA) is 194 Å². The van der Waals surface area contributed by atoms with Gasteiger partial charge >= 0.3 is 11.7 Å². The Morgan fingerprint density at radius 2 is 1.68 bits per heavy atom. The van der Waals surface area contributed by atoms with Gasteiger partial charge in [0, 0.05) is 13.1 Å².